The fourth-order valence-electron chi connectivity index (χ4n) is 1.90. The highest BCUT2D eigenvalue weighted by atomic mass is 35.5. The second-order valence-corrected chi connectivity index (χ2v) is 7.01. The van der Waals surface area contributed by atoms with Crippen LogP contribution in [0.5, 0.6) is 0 Å². The van der Waals surface area contributed by atoms with E-state index in [1.54, 1.807) is 18.2 Å². The number of sulfonamides is 1. The Bertz CT molecular complexity index is 580. The van der Waals surface area contributed by atoms with Crippen LogP contribution in [0.25, 0.3) is 0 Å². The van der Waals surface area contributed by atoms with Crippen LogP contribution < -0.4 is 4.72 Å². The molecule has 0 spiro atoms. The third-order valence-electron chi connectivity index (χ3n) is 2.73. The first kappa shape index (κ1) is 13.6. The molecular formula is C11H11Cl2NO3S. The lowest BCUT2D eigenvalue weighted by Crippen LogP contribution is -2.30. The summed E-state index contributed by atoms with van der Waals surface area (Å²) in [5.41, 5.74) is 0.862. The van der Waals surface area contributed by atoms with Crippen molar-refractivity contribution in [3.63, 3.8) is 0 Å². The van der Waals surface area contributed by atoms with Gasteiger partial charge >= 0.3 is 0 Å². The third-order valence-corrected chi connectivity index (χ3v) is 3.73. The fraction of sp³-hybridized carbons (Fsp3) is 0.364. The molecule has 0 bridgehead atoms. The Kier molecular flexibility index (Phi) is 3.58. The Morgan fingerprint density at radius 1 is 1.28 bits per heavy atom. The first-order chi connectivity index (χ1) is 8.26. The predicted octanol–water partition coefficient (Wildman–Crippen LogP) is 2.17. The summed E-state index contributed by atoms with van der Waals surface area (Å²) in [7, 11) is -3.50. The van der Waals surface area contributed by atoms with Gasteiger partial charge in [0.2, 0.25) is 15.9 Å². The summed E-state index contributed by atoms with van der Waals surface area (Å²) < 4.78 is 23.9. The number of rotatable bonds is 3. The highest BCUT2D eigenvalue weighted by Crippen LogP contribution is 2.48. The number of nitrogens with one attached hydrogen (secondary N) is 1. The van der Waals surface area contributed by atoms with Crippen molar-refractivity contribution in [1.82, 2.24) is 4.72 Å². The second kappa shape index (κ2) is 4.72. The molecule has 0 saturated heterocycles. The van der Waals surface area contributed by atoms with Gasteiger partial charge in [0.05, 0.1) is 6.26 Å². The molecule has 1 aliphatic carbocycles. The van der Waals surface area contributed by atoms with Crippen molar-refractivity contribution >= 4 is 39.1 Å². The molecule has 1 N–H and O–H groups in total. The van der Waals surface area contributed by atoms with Crippen molar-refractivity contribution in [3.05, 3.63) is 33.8 Å². The maximum absolute atomic E-state index is 11.6. The monoisotopic (exact) mass is 307 g/mol. The van der Waals surface area contributed by atoms with Gasteiger partial charge in [-0.3, -0.25) is 9.52 Å². The van der Waals surface area contributed by atoms with Crippen molar-refractivity contribution in [2.45, 2.75) is 12.3 Å². The summed E-state index contributed by atoms with van der Waals surface area (Å²) in [4.78, 5) is 11.6. The van der Waals surface area contributed by atoms with Crippen molar-refractivity contribution in [3.8, 4) is 0 Å². The molecule has 1 amide bonds. The summed E-state index contributed by atoms with van der Waals surface area (Å²) >= 11 is 11.7. The quantitative estimate of drug-likeness (QED) is 0.931. The van der Waals surface area contributed by atoms with E-state index in [1.807, 2.05) is 4.72 Å². The Labute approximate surface area is 115 Å². The number of benzene rings is 1. The lowest BCUT2D eigenvalue weighted by atomic mass is 10.1. The summed E-state index contributed by atoms with van der Waals surface area (Å²) in [5.74, 6) is -0.809. The number of halogens is 2. The minimum Gasteiger partial charge on any atom is -0.274 e. The van der Waals surface area contributed by atoms with Crippen LogP contribution in [0.3, 0.4) is 0 Å². The van der Waals surface area contributed by atoms with Gasteiger partial charge < -0.3 is 0 Å². The van der Waals surface area contributed by atoms with E-state index in [1.165, 1.54) is 0 Å². The van der Waals surface area contributed by atoms with E-state index in [4.69, 9.17) is 23.2 Å². The van der Waals surface area contributed by atoms with Gasteiger partial charge in [-0.15, -0.1) is 0 Å². The highest BCUT2D eigenvalue weighted by molar-refractivity contribution is 7.89. The van der Waals surface area contributed by atoms with Crippen LogP contribution >= 0.6 is 23.2 Å². The van der Waals surface area contributed by atoms with Crippen LogP contribution in [-0.2, 0) is 14.8 Å². The maximum Gasteiger partial charge on any atom is 0.237 e. The zero-order valence-electron chi connectivity index (χ0n) is 9.48. The second-order valence-electron chi connectivity index (χ2n) is 4.39. The molecule has 0 aromatic heterocycles. The van der Waals surface area contributed by atoms with Crippen LogP contribution in [0, 0.1) is 5.92 Å². The van der Waals surface area contributed by atoms with Crippen molar-refractivity contribution < 1.29 is 13.2 Å². The summed E-state index contributed by atoms with van der Waals surface area (Å²) in [6.45, 7) is 0. The molecule has 0 aliphatic heterocycles. The van der Waals surface area contributed by atoms with E-state index < -0.39 is 15.9 Å². The zero-order chi connectivity index (χ0) is 13.5. The van der Waals surface area contributed by atoms with Crippen molar-refractivity contribution in [2.75, 3.05) is 6.26 Å². The molecule has 1 saturated carbocycles. The maximum atomic E-state index is 11.6. The van der Waals surface area contributed by atoms with Crippen LogP contribution in [0.4, 0.5) is 0 Å². The molecule has 0 unspecified atom stereocenters. The lowest BCUT2D eigenvalue weighted by Gasteiger charge is -2.03. The van der Waals surface area contributed by atoms with Gasteiger partial charge in [0, 0.05) is 16.0 Å². The Morgan fingerprint density at radius 2 is 1.83 bits per heavy atom. The number of amides is 1. The van der Waals surface area contributed by atoms with Gasteiger partial charge in [0.15, 0.2) is 0 Å². The van der Waals surface area contributed by atoms with Crippen molar-refractivity contribution in [2.24, 2.45) is 5.92 Å². The molecule has 1 aromatic rings. The molecular weight excluding hydrogens is 297 g/mol. The minimum atomic E-state index is -3.50. The largest absolute Gasteiger partial charge is 0.274 e. The number of hydrogen-bond acceptors (Lipinski definition) is 3. The molecule has 0 heterocycles. The van der Waals surface area contributed by atoms with E-state index in [9.17, 15) is 13.2 Å². The van der Waals surface area contributed by atoms with E-state index in [-0.39, 0.29) is 11.8 Å². The Morgan fingerprint density at radius 3 is 2.33 bits per heavy atom. The predicted molar refractivity (Wildman–Crippen MR) is 70.3 cm³/mol. The molecule has 98 valence electrons. The Balaban J connectivity index is 2.09. The lowest BCUT2D eigenvalue weighted by molar-refractivity contribution is -0.120. The fourth-order valence-corrected chi connectivity index (χ4v) is 2.96. The smallest absolute Gasteiger partial charge is 0.237 e. The first-order valence-electron chi connectivity index (χ1n) is 5.24. The summed E-state index contributed by atoms with van der Waals surface area (Å²) in [6.07, 6.45) is 1.57. The molecule has 0 radical (unpaired) electrons. The van der Waals surface area contributed by atoms with E-state index in [0.29, 0.717) is 16.5 Å². The third kappa shape index (κ3) is 3.37. The van der Waals surface area contributed by atoms with Crippen LogP contribution in [0.15, 0.2) is 18.2 Å². The molecule has 18 heavy (non-hydrogen) atoms. The molecule has 2 rings (SSSR count). The number of carbonyl (C=O) groups is 1. The van der Waals surface area contributed by atoms with Gasteiger partial charge in [0.25, 0.3) is 0 Å². The van der Waals surface area contributed by atoms with Gasteiger partial charge in [-0.2, -0.15) is 0 Å². The van der Waals surface area contributed by atoms with E-state index >= 15 is 0 Å². The zero-order valence-corrected chi connectivity index (χ0v) is 11.8. The van der Waals surface area contributed by atoms with E-state index in [0.717, 1.165) is 11.8 Å². The average Bonchev–Trinajstić information content (AvgIpc) is 2.91. The molecule has 1 aromatic carbocycles. The molecule has 7 heteroatoms. The van der Waals surface area contributed by atoms with Gasteiger partial charge in [-0.25, -0.2) is 8.42 Å². The van der Waals surface area contributed by atoms with Gasteiger partial charge in [0.1, 0.15) is 0 Å². The Hall–Kier alpha value is -0.780. The van der Waals surface area contributed by atoms with Crippen LogP contribution in [-0.4, -0.2) is 20.6 Å². The van der Waals surface area contributed by atoms with Crippen molar-refractivity contribution in [1.29, 1.82) is 0 Å². The number of carbonyl (C=O) groups excluding carboxylic acids is 1. The molecule has 2 atom stereocenters. The average molecular weight is 308 g/mol. The first-order valence-corrected chi connectivity index (χ1v) is 7.88. The molecule has 1 aliphatic rings. The minimum absolute atomic E-state index is 0.0112. The van der Waals surface area contributed by atoms with Crippen LogP contribution in [0.1, 0.15) is 17.9 Å². The number of hydrogen-bond donors (Lipinski definition) is 1. The summed E-state index contributed by atoms with van der Waals surface area (Å²) in [6, 6.07) is 5.10. The topological polar surface area (TPSA) is 63.2 Å². The SMILES string of the molecule is CS(=O)(=O)NC(=O)[C@@H]1C[C@@H]1c1cc(Cl)cc(Cl)c1. The van der Waals surface area contributed by atoms with Gasteiger partial charge in [-0.1, -0.05) is 23.2 Å². The van der Waals surface area contributed by atoms with Gasteiger partial charge in [-0.05, 0) is 36.1 Å². The molecule has 4 nitrogen and oxygen atoms in total. The normalized spacial score (nSPS) is 22.6. The van der Waals surface area contributed by atoms with E-state index in [2.05, 4.69) is 0 Å². The highest BCUT2D eigenvalue weighted by Gasteiger charge is 2.44. The van der Waals surface area contributed by atoms with Crippen LogP contribution in [0.2, 0.25) is 10.0 Å². The molecule has 1 fully saturated rings. The summed E-state index contributed by atoms with van der Waals surface area (Å²) in [5, 5.41) is 1.01. The standard InChI is InChI=1S/C11H11Cl2NO3S/c1-18(16,17)14-11(15)10-5-9(10)6-2-7(12)4-8(13)3-6/h2-4,9-10H,5H2,1H3,(H,14,15)/t9-,10-/m1/s1.